The van der Waals surface area contributed by atoms with E-state index < -0.39 is 5.97 Å². The molecular formula is C17H22N2O2. The first kappa shape index (κ1) is 14.1. The number of carboxylic acids is 1. The highest BCUT2D eigenvalue weighted by Gasteiger charge is 2.30. The van der Waals surface area contributed by atoms with E-state index in [0.717, 1.165) is 17.8 Å². The summed E-state index contributed by atoms with van der Waals surface area (Å²) in [6.07, 6.45) is 3.63. The summed E-state index contributed by atoms with van der Waals surface area (Å²) >= 11 is 0. The highest BCUT2D eigenvalue weighted by Crippen LogP contribution is 2.39. The summed E-state index contributed by atoms with van der Waals surface area (Å²) in [5.74, 6) is 1.01. The largest absolute Gasteiger partial charge is 0.478 e. The van der Waals surface area contributed by atoms with Gasteiger partial charge in [0.05, 0.1) is 11.1 Å². The van der Waals surface area contributed by atoms with Crippen molar-refractivity contribution in [3.8, 4) is 0 Å². The van der Waals surface area contributed by atoms with Crippen LogP contribution in [0.1, 0.15) is 68.2 Å². The molecule has 1 fully saturated rings. The van der Waals surface area contributed by atoms with Gasteiger partial charge in [0.1, 0.15) is 11.3 Å². The average Bonchev–Trinajstić information content (AvgIpc) is 3.00. The van der Waals surface area contributed by atoms with E-state index in [-0.39, 0.29) is 5.92 Å². The molecule has 112 valence electrons. The second kappa shape index (κ2) is 5.17. The van der Waals surface area contributed by atoms with Gasteiger partial charge in [-0.1, -0.05) is 33.3 Å². The first-order chi connectivity index (χ1) is 10.0. The summed E-state index contributed by atoms with van der Waals surface area (Å²) in [5, 5.41) is 9.39. The van der Waals surface area contributed by atoms with Crippen molar-refractivity contribution in [3.63, 3.8) is 0 Å². The molecule has 4 heteroatoms. The quantitative estimate of drug-likeness (QED) is 0.919. The molecule has 0 aliphatic heterocycles. The fraction of sp³-hybridized carbons (Fsp3) is 0.529. The molecule has 1 aliphatic carbocycles. The van der Waals surface area contributed by atoms with Crippen molar-refractivity contribution in [1.82, 2.24) is 9.55 Å². The van der Waals surface area contributed by atoms with Gasteiger partial charge < -0.3 is 9.67 Å². The van der Waals surface area contributed by atoms with E-state index in [0.29, 0.717) is 23.0 Å². The zero-order valence-corrected chi connectivity index (χ0v) is 12.8. The van der Waals surface area contributed by atoms with Gasteiger partial charge in [0.25, 0.3) is 0 Å². The van der Waals surface area contributed by atoms with Crippen LogP contribution in [0.2, 0.25) is 0 Å². The fourth-order valence-corrected chi connectivity index (χ4v) is 3.57. The lowest BCUT2D eigenvalue weighted by Crippen LogP contribution is -2.15. The van der Waals surface area contributed by atoms with E-state index >= 15 is 0 Å². The Morgan fingerprint density at radius 3 is 2.71 bits per heavy atom. The Morgan fingerprint density at radius 2 is 2.14 bits per heavy atom. The average molecular weight is 286 g/mol. The second-order valence-corrected chi connectivity index (χ2v) is 6.45. The Balaban J connectivity index is 2.28. The van der Waals surface area contributed by atoms with Gasteiger partial charge in [-0.15, -0.1) is 0 Å². The zero-order chi connectivity index (χ0) is 15.1. The second-order valence-electron chi connectivity index (χ2n) is 6.45. The minimum atomic E-state index is -0.903. The van der Waals surface area contributed by atoms with E-state index in [2.05, 4.69) is 25.3 Å². The topological polar surface area (TPSA) is 55.1 Å². The number of para-hydroxylation sites is 1. The molecule has 0 bridgehead atoms. The van der Waals surface area contributed by atoms with Crippen LogP contribution in [0.15, 0.2) is 18.2 Å². The maximum Gasteiger partial charge on any atom is 0.337 e. The summed E-state index contributed by atoms with van der Waals surface area (Å²) < 4.78 is 2.31. The molecule has 0 saturated heterocycles. The molecule has 0 amide bonds. The normalized spacial score (nSPS) is 22.3. The van der Waals surface area contributed by atoms with Crippen molar-refractivity contribution < 1.29 is 9.90 Å². The van der Waals surface area contributed by atoms with Crippen molar-refractivity contribution in [2.45, 2.75) is 52.0 Å². The number of rotatable bonds is 3. The fourth-order valence-electron chi connectivity index (χ4n) is 3.57. The summed E-state index contributed by atoms with van der Waals surface area (Å²) in [4.78, 5) is 16.1. The molecule has 1 N–H and O–H groups in total. The summed E-state index contributed by atoms with van der Waals surface area (Å²) in [6, 6.07) is 5.92. The van der Waals surface area contributed by atoms with E-state index in [1.807, 2.05) is 12.1 Å². The van der Waals surface area contributed by atoms with E-state index in [1.165, 1.54) is 12.8 Å². The van der Waals surface area contributed by atoms with Gasteiger partial charge in [-0.25, -0.2) is 9.78 Å². The summed E-state index contributed by atoms with van der Waals surface area (Å²) in [5.41, 5.74) is 1.91. The van der Waals surface area contributed by atoms with Crippen molar-refractivity contribution in [1.29, 1.82) is 0 Å². The van der Waals surface area contributed by atoms with Crippen molar-refractivity contribution in [2.24, 2.45) is 5.92 Å². The molecule has 1 aromatic heterocycles. The lowest BCUT2D eigenvalue weighted by atomic mass is 10.0. The third-order valence-corrected chi connectivity index (χ3v) is 4.64. The molecule has 0 radical (unpaired) electrons. The molecule has 21 heavy (non-hydrogen) atoms. The van der Waals surface area contributed by atoms with E-state index in [1.54, 1.807) is 6.07 Å². The van der Waals surface area contributed by atoms with Crippen LogP contribution in [0.5, 0.6) is 0 Å². The lowest BCUT2D eigenvalue weighted by molar-refractivity contribution is 0.0699. The monoisotopic (exact) mass is 286 g/mol. The Kier molecular flexibility index (Phi) is 3.47. The van der Waals surface area contributed by atoms with Gasteiger partial charge in [-0.05, 0) is 30.9 Å². The molecule has 1 heterocycles. The molecule has 0 spiro atoms. The van der Waals surface area contributed by atoms with E-state index in [4.69, 9.17) is 4.98 Å². The molecular weight excluding hydrogens is 264 g/mol. The van der Waals surface area contributed by atoms with Gasteiger partial charge in [0.15, 0.2) is 0 Å². The number of benzene rings is 1. The third-order valence-electron chi connectivity index (χ3n) is 4.64. The first-order valence-corrected chi connectivity index (χ1v) is 7.74. The lowest BCUT2D eigenvalue weighted by Gasteiger charge is -2.22. The minimum Gasteiger partial charge on any atom is -0.478 e. The number of nitrogens with zero attached hydrogens (tertiary/aromatic N) is 2. The van der Waals surface area contributed by atoms with E-state index in [9.17, 15) is 9.90 Å². The van der Waals surface area contributed by atoms with Crippen LogP contribution in [0.3, 0.4) is 0 Å². The van der Waals surface area contributed by atoms with Crippen LogP contribution < -0.4 is 0 Å². The van der Waals surface area contributed by atoms with Gasteiger partial charge >= 0.3 is 5.97 Å². The highest BCUT2D eigenvalue weighted by molar-refractivity contribution is 6.01. The number of imidazole rings is 1. The zero-order valence-electron chi connectivity index (χ0n) is 12.8. The molecule has 1 aromatic carbocycles. The Bertz CT molecular complexity index is 687. The number of hydrogen-bond acceptors (Lipinski definition) is 2. The molecule has 4 nitrogen and oxygen atoms in total. The van der Waals surface area contributed by atoms with Gasteiger partial charge in [-0.2, -0.15) is 0 Å². The number of carboxylic acid groups (broad SMARTS) is 1. The molecule has 2 atom stereocenters. The number of carbonyl (C=O) groups is 1. The Labute approximate surface area is 124 Å². The number of aromatic carboxylic acids is 1. The third kappa shape index (κ3) is 2.23. The van der Waals surface area contributed by atoms with Crippen LogP contribution in [0.4, 0.5) is 0 Å². The van der Waals surface area contributed by atoms with Crippen LogP contribution >= 0.6 is 0 Å². The minimum absolute atomic E-state index is 0.284. The Morgan fingerprint density at radius 1 is 1.38 bits per heavy atom. The predicted octanol–water partition coefficient (Wildman–Crippen LogP) is 4.22. The number of hydrogen-bond donors (Lipinski definition) is 1. The SMILES string of the molecule is CC(C)c1nc2c(C(=O)O)cccc2n1C1CCCC1C. The van der Waals surface area contributed by atoms with Crippen LogP contribution in [0, 0.1) is 5.92 Å². The summed E-state index contributed by atoms with van der Waals surface area (Å²) in [7, 11) is 0. The van der Waals surface area contributed by atoms with Crippen molar-refractivity contribution >= 4 is 17.0 Å². The van der Waals surface area contributed by atoms with Crippen molar-refractivity contribution in [3.05, 3.63) is 29.6 Å². The molecule has 2 unspecified atom stereocenters. The predicted molar refractivity (Wildman–Crippen MR) is 82.8 cm³/mol. The van der Waals surface area contributed by atoms with Crippen LogP contribution in [-0.2, 0) is 0 Å². The molecule has 3 rings (SSSR count). The maximum absolute atomic E-state index is 11.4. The van der Waals surface area contributed by atoms with Crippen LogP contribution in [0.25, 0.3) is 11.0 Å². The Hall–Kier alpha value is -1.84. The van der Waals surface area contributed by atoms with Crippen molar-refractivity contribution in [2.75, 3.05) is 0 Å². The number of aromatic nitrogens is 2. The van der Waals surface area contributed by atoms with Gasteiger partial charge in [0, 0.05) is 12.0 Å². The molecule has 1 saturated carbocycles. The van der Waals surface area contributed by atoms with Gasteiger partial charge in [0.2, 0.25) is 0 Å². The number of fused-ring (bicyclic) bond motifs is 1. The first-order valence-electron chi connectivity index (χ1n) is 7.74. The van der Waals surface area contributed by atoms with Gasteiger partial charge in [-0.3, -0.25) is 0 Å². The van der Waals surface area contributed by atoms with Crippen LogP contribution in [-0.4, -0.2) is 20.6 Å². The standard InChI is InChI=1S/C17H22N2O2/c1-10(2)16-18-15-12(17(20)21)7-5-9-14(15)19(16)13-8-4-6-11(13)3/h5,7,9-11,13H,4,6,8H2,1-3H3,(H,20,21). The maximum atomic E-state index is 11.4. The smallest absolute Gasteiger partial charge is 0.337 e. The molecule has 2 aromatic rings. The highest BCUT2D eigenvalue weighted by atomic mass is 16.4. The molecule has 1 aliphatic rings. The summed E-state index contributed by atoms with van der Waals surface area (Å²) in [6.45, 7) is 6.53.